The van der Waals surface area contributed by atoms with Crippen molar-refractivity contribution in [2.75, 3.05) is 40.4 Å². The lowest BCUT2D eigenvalue weighted by molar-refractivity contribution is -0.138. The highest BCUT2D eigenvalue weighted by molar-refractivity contribution is 5.79. The number of rotatable bonds is 5. The van der Waals surface area contributed by atoms with Crippen LogP contribution < -0.4 is 9.47 Å². The third-order valence-electron chi connectivity index (χ3n) is 5.34. The van der Waals surface area contributed by atoms with Gasteiger partial charge in [0, 0.05) is 32.2 Å². The molecule has 2 aliphatic rings. The Balaban J connectivity index is 1.62. The zero-order chi connectivity index (χ0) is 17.6. The van der Waals surface area contributed by atoms with Gasteiger partial charge in [0.1, 0.15) is 11.5 Å². The zero-order valence-electron chi connectivity index (χ0n) is 15.5. The molecular formula is C20H30N2O3. The van der Waals surface area contributed by atoms with E-state index in [1.165, 1.54) is 12.0 Å². The van der Waals surface area contributed by atoms with E-state index < -0.39 is 0 Å². The van der Waals surface area contributed by atoms with Crippen molar-refractivity contribution in [3.63, 3.8) is 0 Å². The van der Waals surface area contributed by atoms with Gasteiger partial charge in [0.05, 0.1) is 20.1 Å². The Morgan fingerprint density at radius 1 is 1.00 bits per heavy atom. The van der Waals surface area contributed by atoms with E-state index in [9.17, 15) is 4.79 Å². The maximum atomic E-state index is 12.8. The Kier molecular flexibility index (Phi) is 6.19. The van der Waals surface area contributed by atoms with Crippen molar-refractivity contribution in [3.05, 3.63) is 23.8 Å². The number of piperidine rings is 2. The lowest BCUT2D eigenvalue weighted by atomic mass is 9.95. The van der Waals surface area contributed by atoms with Gasteiger partial charge in [0.25, 0.3) is 0 Å². The molecule has 1 aromatic rings. The van der Waals surface area contributed by atoms with Crippen LogP contribution in [0.4, 0.5) is 0 Å². The maximum Gasteiger partial charge on any atom is 0.226 e. The van der Waals surface area contributed by atoms with E-state index >= 15 is 0 Å². The van der Waals surface area contributed by atoms with E-state index in [2.05, 4.69) is 21.9 Å². The Hall–Kier alpha value is -1.75. The van der Waals surface area contributed by atoms with Crippen molar-refractivity contribution in [1.82, 2.24) is 9.80 Å². The predicted molar refractivity (Wildman–Crippen MR) is 98.0 cm³/mol. The summed E-state index contributed by atoms with van der Waals surface area (Å²) in [6.45, 7) is 4.63. The molecule has 25 heavy (non-hydrogen) atoms. The van der Waals surface area contributed by atoms with Crippen molar-refractivity contribution in [1.29, 1.82) is 0 Å². The predicted octanol–water partition coefficient (Wildman–Crippen LogP) is 2.93. The highest BCUT2D eigenvalue weighted by Gasteiger charge is 2.29. The Labute approximate surface area is 150 Å². The normalized spacial score (nSPS) is 21.8. The molecule has 2 saturated heterocycles. The average molecular weight is 346 g/mol. The van der Waals surface area contributed by atoms with Gasteiger partial charge in [-0.2, -0.15) is 0 Å². The molecule has 3 rings (SSSR count). The fourth-order valence-corrected chi connectivity index (χ4v) is 3.99. The Bertz CT molecular complexity index is 562. The first kappa shape index (κ1) is 18.1. The Morgan fingerprint density at radius 2 is 1.68 bits per heavy atom. The maximum absolute atomic E-state index is 12.8. The van der Waals surface area contributed by atoms with E-state index in [-0.39, 0.29) is 5.92 Å². The second kappa shape index (κ2) is 8.56. The van der Waals surface area contributed by atoms with Crippen LogP contribution in [0.25, 0.3) is 0 Å². The third kappa shape index (κ3) is 4.66. The molecule has 138 valence electrons. The van der Waals surface area contributed by atoms with Gasteiger partial charge in [-0.25, -0.2) is 0 Å². The summed E-state index contributed by atoms with van der Waals surface area (Å²) in [7, 11) is 3.35. The first-order valence-electron chi connectivity index (χ1n) is 9.42. The smallest absolute Gasteiger partial charge is 0.226 e. The van der Waals surface area contributed by atoms with Gasteiger partial charge in [0.2, 0.25) is 5.91 Å². The summed E-state index contributed by atoms with van der Waals surface area (Å²) >= 11 is 0. The van der Waals surface area contributed by atoms with Gasteiger partial charge in [0.15, 0.2) is 0 Å². The number of nitrogens with zero attached hydrogens (tertiary/aromatic N) is 2. The molecule has 1 unspecified atom stereocenters. The minimum atomic E-state index is 0.152. The van der Waals surface area contributed by atoms with Crippen LogP contribution >= 0.6 is 0 Å². The van der Waals surface area contributed by atoms with Crippen LogP contribution in [-0.4, -0.2) is 56.1 Å². The number of methoxy groups -OCH3 is 2. The van der Waals surface area contributed by atoms with Crippen LogP contribution in [0, 0.1) is 5.92 Å². The molecule has 1 atom stereocenters. The van der Waals surface area contributed by atoms with E-state index in [0.717, 1.165) is 69.9 Å². The molecular weight excluding hydrogens is 316 g/mol. The van der Waals surface area contributed by atoms with Gasteiger partial charge < -0.3 is 14.4 Å². The second-order valence-electron chi connectivity index (χ2n) is 7.18. The molecule has 0 bridgehead atoms. The zero-order valence-corrected chi connectivity index (χ0v) is 15.5. The number of carbonyl (C=O) groups excluding carboxylic acids is 1. The molecule has 5 heteroatoms. The van der Waals surface area contributed by atoms with Crippen LogP contribution in [0.15, 0.2) is 18.2 Å². The topological polar surface area (TPSA) is 42.0 Å². The molecule has 5 nitrogen and oxygen atoms in total. The first-order valence-corrected chi connectivity index (χ1v) is 9.42. The number of amides is 1. The van der Waals surface area contributed by atoms with Gasteiger partial charge >= 0.3 is 0 Å². The molecule has 0 radical (unpaired) electrons. The highest BCUT2D eigenvalue weighted by atomic mass is 16.5. The van der Waals surface area contributed by atoms with E-state index in [4.69, 9.17) is 9.47 Å². The molecule has 0 spiro atoms. The fraction of sp³-hybridized carbons (Fsp3) is 0.650. The minimum Gasteiger partial charge on any atom is -0.497 e. The van der Waals surface area contributed by atoms with E-state index in [0.29, 0.717) is 5.91 Å². The third-order valence-corrected chi connectivity index (χ3v) is 5.34. The summed E-state index contributed by atoms with van der Waals surface area (Å²) in [5.41, 5.74) is 1.17. The van der Waals surface area contributed by atoms with Crippen LogP contribution in [0.3, 0.4) is 0 Å². The monoisotopic (exact) mass is 346 g/mol. The number of hydrogen-bond donors (Lipinski definition) is 0. The van der Waals surface area contributed by atoms with Gasteiger partial charge in [-0.05, 0) is 56.3 Å². The summed E-state index contributed by atoms with van der Waals surface area (Å²) in [5.74, 6) is 2.14. The number of carbonyl (C=O) groups is 1. The quantitative estimate of drug-likeness (QED) is 0.822. The Morgan fingerprint density at radius 3 is 2.32 bits per heavy atom. The van der Waals surface area contributed by atoms with Crippen LogP contribution in [0.2, 0.25) is 0 Å². The van der Waals surface area contributed by atoms with Crippen molar-refractivity contribution in [2.45, 2.75) is 38.6 Å². The molecule has 2 fully saturated rings. The summed E-state index contributed by atoms with van der Waals surface area (Å²) in [6, 6.07) is 6.00. The van der Waals surface area contributed by atoms with Gasteiger partial charge in [-0.1, -0.05) is 0 Å². The fourth-order valence-electron chi connectivity index (χ4n) is 3.99. The molecule has 0 N–H and O–H groups in total. The van der Waals surface area contributed by atoms with Crippen LogP contribution in [0.5, 0.6) is 11.5 Å². The van der Waals surface area contributed by atoms with Crippen LogP contribution in [-0.2, 0) is 11.3 Å². The molecule has 2 aliphatic heterocycles. The van der Waals surface area contributed by atoms with E-state index in [1.54, 1.807) is 14.2 Å². The van der Waals surface area contributed by atoms with Crippen LogP contribution in [0.1, 0.15) is 37.7 Å². The molecule has 0 aromatic heterocycles. The molecule has 2 heterocycles. The minimum absolute atomic E-state index is 0.152. The largest absolute Gasteiger partial charge is 0.497 e. The van der Waals surface area contributed by atoms with E-state index in [1.807, 2.05) is 6.07 Å². The lowest BCUT2D eigenvalue weighted by Crippen LogP contribution is -2.46. The van der Waals surface area contributed by atoms with Gasteiger partial charge in [-0.3, -0.25) is 9.69 Å². The number of ether oxygens (including phenoxy) is 2. The van der Waals surface area contributed by atoms with Gasteiger partial charge in [-0.15, -0.1) is 0 Å². The molecule has 1 aromatic carbocycles. The number of hydrogen-bond acceptors (Lipinski definition) is 4. The molecule has 0 saturated carbocycles. The lowest BCUT2D eigenvalue weighted by Gasteiger charge is -2.36. The first-order chi connectivity index (χ1) is 12.2. The molecule has 1 amide bonds. The number of likely N-dealkylation sites (tertiary alicyclic amines) is 2. The SMILES string of the molecule is COc1cc(CN2CCCC(C(=O)N3CCCCC3)C2)cc(OC)c1. The van der Waals surface area contributed by atoms with Crippen molar-refractivity contribution < 1.29 is 14.3 Å². The average Bonchev–Trinajstić information content (AvgIpc) is 2.68. The van der Waals surface area contributed by atoms with Crippen molar-refractivity contribution in [3.8, 4) is 11.5 Å². The standard InChI is InChI=1S/C20H30N2O3/c1-24-18-11-16(12-19(13-18)25-2)14-21-8-6-7-17(15-21)20(23)22-9-4-3-5-10-22/h11-13,17H,3-10,14-15H2,1-2H3. The highest BCUT2D eigenvalue weighted by Crippen LogP contribution is 2.26. The summed E-state index contributed by atoms with van der Waals surface area (Å²) in [6.07, 6.45) is 5.69. The second-order valence-corrected chi connectivity index (χ2v) is 7.18. The van der Waals surface area contributed by atoms with Crippen molar-refractivity contribution in [2.24, 2.45) is 5.92 Å². The summed E-state index contributed by atoms with van der Waals surface area (Å²) in [5, 5.41) is 0. The number of benzene rings is 1. The molecule has 0 aliphatic carbocycles. The van der Waals surface area contributed by atoms with Crippen molar-refractivity contribution >= 4 is 5.91 Å². The summed E-state index contributed by atoms with van der Waals surface area (Å²) in [4.78, 5) is 17.3. The summed E-state index contributed by atoms with van der Waals surface area (Å²) < 4.78 is 10.7.